The maximum atomic E-state index is 13.2. The molecule has 9 nitrogen and oxygen atoms in total. The van der Waals surface area contributed by atoms with E-state index in [9.17, 15) is 4.79 Å². The minimum Gasteiger partial charge on any atom is -0.467 e. The number of ether oxygens (including phenoxy) is 1. The van der Waals surface area contributed by atoms with Gasteiger partial charge < -0.3 is 9.64 Å². The van der Waals surface area contributed by atoms with Gasteiger partial charge in [0.05, 0.1) is 35.6 Å². The first kappa shape index (κ1) is 18.7. The SMILES string of the molecule is COc1ncc(-c2ccc3ncc4c(c3n2)n(C2CCN(C)CC2)c(=O)n4C)cn1. The summed E-state index contributed by atoms with van der Waals surface area (Å²) in [5, 5.41) is 0. The van der Waals surface area contributed by atoms with Crippen molar-refractivity contribution in [3.63, 3.8) is 0 Å². The van der Waals surface area contributed by atoms with E-state index in [2.05, 4.69) is 26.9 Å². The first-order valence-corrected chi connectivity index (χ1v) is 9.98. The average molecular weight is 405 g/mol. The van der Waals surface area contributed by atoms with Crippen molar-refractivity contribution in [2.45, 2.75) is 18.9 Å². The van der Waals surface area contributed by atoms with Gasteiger partial charge in [-0.25, -0.2) is 19.7 Å². The first-order valence-electron chi connectivity index (χ1n) is 9.98. The number of hydrogen-bond acceptors (Lipinski definition) is 7. The number of hydrogen-bond donors (Lipinski definition) is 0. The van der Waals surface area contributed by atoms with Crippen LogP contribution in [0.2, 0.25) is 0 Å². The standard InChI is InChI=1S/C21H23N7O2/c1-26-8-6-14(7-9-26)28-19-17(27(2)21(28)29)12-22-16-5-4-15(25-18(16)19)13-10-23-20(30-3)24-11-13/h4-5,10-12,14H,6-9H2,1-3H3. The lowest BCUT2D eigenvalue weighted by Crippen LogP contribution is -2.35. The summed E-state index contributed by atoms with van der Waals surface area (Å²) in [5.74, 6) is 0. The Balaban J connectivity index is 1.73. The molecule has 0 N–H and O–H groups in total. The fourth-order valence-electron chi connectivity index (χ4n) is 4.19. The zero-order valence-electron chi connectivity index (χ0n) is 17.2. The normalized spacial score (nSPS) is 15.8. The average Bonchev–Trinajstić information content (AvgIpc) is 3.05. The number of methoxy groups -OCH3 is 1. The number of imidazole rings is 1. The molecule has 0 amide bonds. The van der Waals surface area contributed by atoms with Crippen LogP contribution in [0.25, 0.3) is 33.3 Å². The van der Waals surface area contributed by atoms with Gasteiger partial charge >= 0.3 is 11.7 Å². The highest BCUT2D eigenvalue weighted by atomic mass is 16.5. The molecule has 0 spiro atoms. The Hall–Kier alpha value is -3.33. The Labute approximate surface area is 173 Å². The molecule has 0 saturated carbocycles. The molecule has 0 aliphatic carbocycles. The number of rotatable bonds is 3. The van der Waals surface area contributed by atoms with Crippen LogP contribution in [0, 0.1) is 0 Å². The topological polar surface area (TPSA) is 91.0 Å². The van der Waals surface area contributed by atoms with Crippen molar-refractivity contribution in [2.75, 3.05) is 27.2 Å². The molecule has 4 aromatic heterocycles. The van der Waals surface area contributed by atoms with Gasteiger partial charge in [-0.3, -0.25) is 14.1 Å². The molecule has 0 aromatic carbocycles. The molecule has 154 valence electrons. The highest BCUT2D eigenvalue weighted by molar-refractivity contribution is 6.00. The molecular formula is C21H23N7O2. The van der Waals surface area contributed by atoms with Crippen molar-refractivity contribution in [3.05, 3.63) is 41.2 Å². The molecular weight excluding hydrogens is 382 g/mol. The van der Waals surface area contributed by atoms with Crippen LogP contribution >= 0.6 is 0 Å². The van der Waals surface area contributed by atoms with Crippen molar-refractivity contribution in [2.24, 2.45) is 7.05 Å². The lowest BCUT2D eigenvalue weighted by atomic mass is 10.1. The first-order chi connectivity index (χ1) is 14.6. The Morgan fingerprint density at radius 1 is 1.03 bits per heavy atom. The van der Waals surface area contributed by atoms with Crippen molar-refractivity contribution in [3.8, 4) is 17.3 Å². The van der Waals surface area contributed by atoms with E-state index in [1.54, 1.807) is 30.2 Å². The number of piperidine rings is 1. The molecule has 0 atom stereocenters. The van der Waals surface area contributed by atoms with Gasteiger partial charge in [-0.15, -0.1) is 0 Å². The fourth-order valence-corrected chi connectivity index (χ4v) is 4.19. The number of nitrogens with zero attached hydrogens (tertiary/aromatic N) is 7. The van der Waals surface area contributed by atoms with Gasteiger partial charge in [0.15, 0.2) is 0 Å². The molecule has 0 radical (unpaired) electrons. The third-order valence-corrected chi connectivity index (χ3v) is 5.92. The lowest BCUT2D eigenvalue weighted by Gasteiger charge is -2.29. The molecule has 0 bridgehead atoms. The van der Waals surface area contributed by atoms with E-state index < -0.39 is 0 Å². The second-order valence-corrected chi connectivity index (χ2v) is 7.76. The zero-order chi connectivity index (χ0) is 20.8. The maximum Gasteiger partial charge on any atom is 0.329 e. The van der Waals surface area contributed by atoms with Gasteiger partial charge in [-0.05, 0) is 45.1 Å². The van der Waals surface area contributed by atoms with Gasteiger partial charge in [0.1, 0.15) is 5.52 Å². The number of aromatic nitrogens is 6. The van der Waals surface area contributed by atoms with Crippen LogP contribution in [-0.4, -0.2) is 61.2 Å². The zero-order valence-corrected chi connectivity index (χ0v) is 17.2. The summed E-state index contributed by atoms with van der Waals surface area (Å²) in [6.45, 7) is 1.94. The van der Waals surface area contributed by atoms with Gasteiger partial charge in [-0.2, -0.15) is 0 Å². The predicted molar refractivity (Wildman–Crippen MR) is 114 cm³/mol. The fraction of sp³-hybridized carbons (Fsp3) is 0.381. The van der Waals surface area contributed by atoms with Crippen molar-refractivity contribution in [1.29, 1.82) is 0 Å². The Morgan fingerprint density at radius 3 is 2.47 bits per heavy atom. The summed E-state index contributed by atoms with van der Waals surface area (Å²) in [6, 6.07) is 4.28. The van der Waals surface area contributed by atoms with E-state index in [0.717, 1.165) is 59.3 Å². The summed E-state index contributed by atoms with van der Waals surface area (Å²) < 4.78 is 8.64. The maximum absolute atomic E-state index is 13.2. The van der Waals surface area contributed by atoms with E-state index in [4.69, 9.17) is 9.72 Å². The van der Waals surface area contributed by atoms with Crippen LogP contribution in [0.4, 0.5) is 0 Å². The number of likely N-dealkylation sites (tertiary alicyclic amines) is 1. The molecule has 1 aliphatic rings. The number of pyridine rings is 2. The smallest absolute Gasteiger partial charge is 0.329 e. The molecule has 5 heterocycles. The molecule has 0 unspecified atom stereocenters. The van der Waals surface area contributed by atoms with E-state index in [1.165, 1.54) is 7.11 Å². The summed E-state index contributed by atoms with van der Waals surface area (Å²) in [5.41, 5.74) is 4.60. The molecule has 5 rings (SSSR count). The van der Waals surface area contributed by atoms with Gasteiger partial charge in [0, 0.05) is 31.0 Å². The minimum atomic E-state index is -0.0196. The van der Waals surface area contributed by atoms with E-state index in [-0.39, 0.29) is 11.7 Å². The summed E-state index contributed by atoms with van der Waals surface area (Å²) in [6.07, 6.45) is 7.00. The molecule has 1 fully saturated rings. The largest absolute Gasteiger partial charge is 0.467 e. The molecule has 4 aromatic rings. The van der Waals surface area contributed by atoms with Gasteiger partial charge in [0.2, 0.25) is 0 Å². The van der Waals surface area contributed by atoms with Crippen LogP contribution in [0.5, 0.6) is 6.01 Å². The van der Waals surface area contributed by atoms with Crippen LogP contribution in [-0.2, 0) is 7.05 Å². The Morgan fingerprint density at radius 2 is 1.77 bits per heavy atom. The van der Waals surface area contributed by atoms with Gasteiger partial charge in [-0.1, -0.05) is 0 Å². The van der Waals surface area contributed by atoms with Crippen LogP contribution in [0.1, 0.15) is 18.9 Å². The third-order valence-electron chi connectivity index (χ3n) is 5.92. The Kier molecular flexibility index (Phi) is 4.47. The quantitative estimate of drug-likeness (QED) is 0.515. The summed E-state index contributed by atoms with van der Waals surface area (Å²) in [7, 11) is 5.44. The summed E-state index contributed by atoms with van der Waals surface area (Å²) in [4.78, 5) is 33.3. The molecule has 9 heteroatoms. The minimum absolute atomic E-state index is 0.0196. The second-order valence-electron chi connectivity index (χ2n) is 7.76. The van der Waals surface area contributed by atoms with Crippen molar-refractivity contribution in [1.82, 2.24) is 34.0 Å². The highest BCUT2D eigenvalue weighted by Crippen LogP contribution is 2.29. The van der Waals surface area contributed by atoms with Crippen LogP contribution < -0.4 is 10.4 Å². The lowest BCUT2D eigenvalue weighted by molar-refractivity contribution is 0.221. The molecule has 1 saturated heterocycles. The van der Waals surface area contributed by atoms with Gasteiger partial charge in [0.25, 0.3) is 0 Å². The van der Waals surface area contributed by atoms with Crippen LogP contribution in [0.3, 0.4) is 0 Å². The third kappa shape index (κ3) is 2.93. The predicted octanol–water partition coefficient (Wildman–Crippen LogP) is 2.02. The summed E-state index contributed by atoms with van der Waals surface area (Å²) >= 11 is 0. The molecule has 1 aliphatic heterocycles. The second kappa shape index (κ2) is 7.17. The monoisotopic (exact) mass is 405 g/mol. The van der Waals surface area contributed by atoms with E-state index in [0.29, 0.717) is 6.01 Å². The Bertz CT molecular complexity index is 1280. The van der Waals surface area contributed by atoms with E-state index in [1.807, 2.05) is 16.7 Å². The van der Waals surface area contributed by atoms with Crippen LogP contribution in [0.15, 0.2) is 35.5 Å². The highest BCUT2D eigenvalue weighted by Gasteiger charge is 2.25. The molecule has 30 heavy (non-hydrogen) atoms. The number of aryl methyl sites for hydroxylation is 1. The number of fused-ring (bicyclic) bond motifs is 3. The van der Waals surface area contributed by atoms with Crippen molar-refractivity contribution < 1.29 is 4.74 Å². The van der Waals surface area contributed by atoms with Crippen molar-refractivity contribution >= 4 is 22.1 Å². The van der Waals surface area contributed by atoms with E-state index >= 15 is 0 Å².